The summed E-state index contributed by atoms with van der Waals surface area (Å²) in [5.41, 5.74) is 6.77. The molecule has 0 unspecified atom stereocenters. The van der Waals surface area contributed by atoms with Gasteiger partial charge < -0.3 is 5.32 Å². The third-order valence-corrected chi connectivity index (χ3v) is 7.51. The van der Waals surface area contributed by atoms with Crippen molar-refractivity contribution in [3.63, 3.8) is 0 Å². The Morgan fingerprint density at radius 2 is 1.77 bits per heavy atom. The second-order valence-electron chi connectivity index (χ2n) is 9.46. The molecule has 0 atom stereocenters. The van der Waals surface area contributed by atoms with Crippen molar-refractivity contribution >= 4 is 17.5 Å². The van der Waals surface area contributed by atoms with E-state index in [1.807, 2.05) is 0 Å². The first-order chi connectivity index (χ1) is 15.0. The van der Waals surface area contributed by atoms with Crippen LogP contribution in [0.5, 0.6) is 0 Å². The van der Waals surface area contributed by atoms with Gasteiger partial charge in [-0.15, -0.1) is 0 Å². The van der Waals surface area contributed by atoms with Crippen LogP contribution in [0.2, 0.25) is 5.02 Å². The molecule has 4 rings (SSSR count). The zero-order valence-corrected chi connectivity index (χ0v) is 19.7. The van der Waals surface area contributed by atoms with Crippen LogP contribution < -0.4 is 5.32 Å². The second kappa shape index (κ2) is 10.2. The zero-order valence-electron chi connectivity index (χ0n) is 18.9. The molecule has 1 saturated carbocycles. The van der Waals surface area contributed by atoms with Gasteiger partial charge >= 0.3 is 0 Å². The number of nitrogens with zero attached hydrogens (tertiary/aromatic N) is 1. The maximum Gasteiger partial charge on any atom is 0.225 e. The number of rotatable bonds is 7. The van der Waals surface area contributed by atoms with Gasteiger partial charge in [0.25, 0.3) is 0 Å². The molecule has 1 amide bonds. The summed E-state index contributed by atoms with van der Waals surface area (Å²) in [6, 6.07) is 13.6. The van der Waals surface area contributed by atoms with E-state index in [0.29, 0.717) is 5.92 Å². The third kappa shape index (κ3) is 5.51. The van der Waals surface area contributed by atoms with E-state index < -0.39 is 0 Å². The average molecular weight is 439 g/mol. The van der Waals surface area contributed by atoms with Crippen LogP contribution >= 0.6 is 11.6 Å². The maximum atomic E-state index is 11.7. The molecule has 1 heterocycles. The van der Waals surface area contributed by atoms with E-state index in [-0.39, 0.29) is 11.8 Å². The predicted molar refractivity (Wildman–Crippen MR) is 129 cm³/mol. The Balaban J connectivity index is 1.31. The van der Waals surface area contributed by atoms with Gasteiger partial charge in [0, 0.05) is 31.7 Å². The number of hydrogen-bond acceptors (Lipinski definition) is 2. The molecule has 0 spiro atoms. The number of aryl methyl sites for hydroxylation is 3. The Labute approximate surface area is 192 Å². The second-order valence-corrected chi connectivity index (χ2v) is 9.86. The first-order valence-electron chi connectivity index (χ1n) is 11.8. The largest absolute Gasteiger partial charge is 0.359 e. The van der Waals surface area contributed by atoms with Crippen LogP contribution in [0, 0.1) is 12.8 Å². The summed E-state index contributed by atoms with van der Waals surface area (Å²) in [5.74, 6) is 0.972. The summed E-state index contributed by atoms with van der Waals surface area (Å²) in [7, 11) is 1.71. The summed E-state index contributed by atoms with van der Waals surface area (Å²) in [6.45, 7) is 4.85. The molecular formula is C27H35ClN2O. The van der Waals surface area contributed by atoms with Crippen LogP contribution in [0.4, 0.5) is 0 Å². The zero-order chi connectivity index (χ0) is 21.8. The number of halogens is 1. The maximum absolute atomic E-state index is 11.7. The fourth-order valence-electron chi connectivity index (χ4n) is 5.21. The predicted octanol–water partition coefficient (Wildman–Crippen LogP) is 5.66. The number of benzene rings is 2. The topological polar surface area (TPSA) is 32.3 Å². The molecule has 0 radical (unpaired) electrons. The molecule has 3 nitrogen and oxygen atoms in total. The molecule has 0 bridgehead atoms. The lowest BCUT2D eigenvalue weighted by Crippen LogP contribution is -2.52. The van der Waals surface area contributed by atoms with Crippen molar-refractivity contribution in [3.05, 3.63) is 69.2 Å². The minimum Gasteiger partial charge on any atom is -0.359 e. The van der Waals surface area contributed by atoms with E-state index in [0.717, 1.165) is 37.5 Å². The number of likely N-dealkylation sites (tertiary alicyclic amines) is 1. The molecule has 1 saturated heterocycles. The Bertz CT molecular complexity index is 913. The lowest BCUT2D eigenvalue weighted by atomic mass is 9.83. The van der Waals surface area contributed by atoms with E-state index in [1.54, 1.807) is 7.05 Å². The van der Waals surface area contributed by atoms with E-state index >= 15 is 0 Å². The van der Waals surface area contributed by atoms with E-state index in [2.05, 4.69) is 53.5 Å². The van der Waals surface area contributed by atoms with Crippen molar-refractivity contribution in [2.45, 2.75) is 64.3 Å². The Kier molecular flexibility index (Phi) is 7.35. The van der Waals surface area contributed by atoms with Crippen LogP contribution in [0.15, 0.2) is 36.4 Å². The lowest BCUT2D eigenvalue weighted by Gasteiger charge is -2.38. The van der Waals surface area contributed by atoms with Gasteiger partial charge in [-0.2, -0.15) is 0 Å². The van der Waals surface area contributed by atoms with Gasteiger partial charge in [0.1, 0.15) is 0 Å². The monoisotopic (exact) mass is 438 g/mol. The molecule has 0 aromatic heterocycles. The van der Waals surface area contributed by atoms with Crippen LogP contribution in [-0.4, -0.2) is 30.9 Å². The van der Waals surface area contributed by atoms with E-state index in [1.165, 1.54) is 59.9 Å². The standard InChI is InChI=1S/C27H35ClN2O/c1-19-14-21(16-30-17-24(18-30)27(31)29-2)9-12-22(19)11-8-20-10-13-25(26(28)15-20)23-6-4-3-5-7-23/h9-10,12-15,23-24H,3-8,11,16-18H2,1-2H3,(H,29,31). The van der Waals surface area contributed by atoms with Gasteiger partial charge in [0.05, 0.1) is 5.92 Å². The summed E-state index contributed by atoms with van der Waals surface area (Å²) >= 11 is 6.67. The van der Waals surface area contributed by atoms with Gasteiger partial charge in [-0.1, -0.05) is 61.2 Å². The number of carbonyl (C=O) groups is 1. The molecule has 1 aliphatic heterocycles. The van der Waals surface area contributed by atoms with Gasteiger partial charge in [0.2, 0.25) is 5.91 Å². The van der Waals surface area contributed by atoms with E-state index in [4.69, 9.17) is 11.6 Å². The van der Waals surface area contributed by atoms with Gasteiger partial charge in [0.15, 0.2) is 0 Å². The first kappa shape index (κ1) is 22.4. The molecule has 2 aromatic carbocycles. The smallest absolute Gasteiger partial charge is 0.225 e. The molecule has 166 valence electrons. The first-order valence-corrected chi connectivity index (χ1v) is 12.2. The molecule has 2 aromatic rings. The highest BCUT2D eigenvalue weighted by atomic mass is 35.5. The van der Waals surface area contributed by atoms with Crippen molar-refractivity contribution in [2.24, 2.45) is 5.92 Å². The van der Waals surface area contributed by atoms with Crippen molar-refractivity contribution in [3.8, 4) is 0 Å². The number of amides is 1. The van der Waals surface area contributed by atoms with Crippen molar-refractivity contribution in [1.29, 1.82) is 0 Å². The molecule has 2 fully saturated rings. The van der Waals surface area contributed by atoms with E-state index in [9.17, 15) is 4.79 Å². The van der Waals surface area contributed by atoms with Gasteiger partial charge in [-0.3, -0.25) is 9.69 Å². The normalized spacial score (nSPS) is 18.0. The molecule has 1 aliphatic carbocycles. The molecule has 31 heavy (non-hydrogen) atoms. The number of hydrogen-bond donors (Lipinski definition) is 1. The quantitative estimate of drug-likeness (QED) is 0.604. The van der Waals surface area contributed by atoms with Crippen molar-refractivity contribution < 1.29 is 4.79 Å². The van der Waals surface area contributed by atoms with Crippen LogP contribution in [-0.2, 0) is 24.2 Å². The van der Waals surface area contributed by atoms with Gasteiger partial charge in [-0.25, -0.2) is 0 Å². The summed E-state index contributed by atoms with van der Waals surface area (Å²) in [5, 5.41) is 3.70. The highest BCUT2D eigenvalue weighted by Crippen LogP contribution is 2.36. The number of nitrogens with one attached hydrogen (secondary N) is 1. The Morgan fingerprint density at radius 1 is 1.03 bits per heavy atom. The molecule has 4 heteroatoms. The fourth-order valence-corrected chi connectivity index (χ4v) is 5.57. The number of carbonyl (C=O) groups excluding carboxylic acids is 1. The molecule has 1 N–H and O–H groups in total. The Hall–Kier alpha value is -1.84. The molecular weight excluding hydrogens is 404 g/mol. The molecule has 2 aliphatic rings. The highest BCUT2D eigenvalue weighted by molar-refractivity contribution is 6.31. The SMILES string of the molecule is CNC(=O)C1CN(Cc2ccc(CCc3ccc(C4CCCCC4)c(Cl)c3)c(C)c2)C1. The van der Waals surface area contributed by atoms with Crippen molar-refractivity contribution in [1.82, 2.24) is 10.2 Å². The van der Waals surface area contributed by atoms with Crippen LogP contribution in [0.3, 0.4) is 0 Å². The minimum atomic E-state index is 0.154. The van der Waals surface area contributed by atoms with Gasteiger partial charge in [-0.05, 0) is 72.4 Å². The summed E-state index contributed by atoms with van der Waals surface area (Å²) in [4.78, 5) is 14.0. The minimum absolute atomic E-state index is 0.154. The lowest BCUT2D eigenvalue weighted by molar-refractivity contribution is -0.129. The van der Waals surface area contributed by atoms with Crippen LogP contribution in [0.25, 0.3) is 0 Å². The Morgan fingerprint density at radius 3 is 2.45 bits per heavy atom. The van der Waals surface area contributed by atoms with Crippen LogP contribution in [0.1, 0.15) is 65.8 Å². The highest BCUT2D eigenvalue weighted by Gasteiger charge is 2.31. The summed E-state index contributed by atoms with van der Waals surface area (Å²) in [6.07, 6.45) is 8.68. The van der Waals surface area contributed by atoms with Crippen molar-refractivity contribution in [2.75, 3.05) is 20.1 Å². The average Bonchev–Trinajstić information content (AvgIpc) is 2.75. The fraction of sp³-hybridized carbons (Fsp3) is 0.519. The summed E-state index contributed by atoms with van der Waals surface area (Å²) < 4.78 is 0. The third-order valence-electron chi connectivity index (χ3n) is 7.18.